The maximum atomic E-state index is 12.9. The van der Waals surface area contributed by atoms with Gasteiger partial charge < -0.3 is 14.5 Å². The van der Waals surface area contributed by atoms with Gasteiger partial charge in [-0.1, -0.05) is 0 Å². The highest BCUT2D eigenvalue weighted by Gasteiger charge is 2.34. The SMILES string of the molecule is COc1ccc(N2CCN(C(=O)C3CC(c4ccncc4)NN3)CC2)cc1. The van der Waals surface area contributed by atoms with Gasteiger partial charge in [-0.15, -0.1) is 0 Å². The molecule has 7 heteroatoms. The van der Waals surface area contributed by atoms with E-state index in [1.54, 1.807) is 19.5 Å². The molecule has 2 aromatic rings. The molecule has 3 heterocycles. The van der Waals surface area contributed by atoms with Crippen LogP contribution in [0.15, 0.2) is 48.8 Å². The molecule has 2 saturated heterocycles. The van der Waals surface area contributed by atoms with Crippen LogP contribution in [0.3, 0.4) is 0 Å². The maximum absolute atomic E-state index is 12.9. The molecule has 2 N–H and O–H groups in total. The minimum absolute atomic E-state index is 0.141. The smallest absolute Gasteiger partial charge is 0.241 e. The number of methoxy groups -OCH3 is 1. The fourth-order valence-electron chi connectivity index (χ4n) is 3.73. The van der Waals surface area contributed by atoms with E-state index in [2.05, 4.69) is 32.9 Å². The summed E-state index contributed by atoms with van der Waals surface area (Å²) in [5.74, 6) is 1.03. The van der Waals surface area contributed by atoms with Crippen molar-refractivity contribution < 1.29 is 9.53 Å². The monoisotopic (exact) mass is 367 g/mol. The van der Waals surface area contributed by atoms with Crippen LogP contribution in [-0.4, -0.2) is 55.1 Å². The third kappa shape index (κ3) is 3.89. The van der Waals surface area contributed by atoms with Crippen molar-refractivity contribution in [1.82, 2.24) is 20.7 Å². The van der Waals surface area contributed by atoms with E-state index in [9.17, 15) is 4.79 Å². The second-order valence-electron chi connectivity index (χ2n) is 6.92. The highest BCUT2D eigenvalue weighted by atomic mass is 16.5. The van der Waals surface area contributed by atoms with Crippen LogP contribution >= 0.6 is 0 Å². The fraction of sp³-hybridized carbons (Fsp3) is 0.400. The lowest BCUT2D eigenvalue weighted by molar-refractivity contribution is -0.133. The molecule has 27 heavy (non-hydrogen) atoms. The summed E-state index contributed by atoms with van der Waals surface area (Å²) in [4.78, 5) is 21.2. The molecule has 7 nitrogen and oxygen atoms in total. The Hall–Kier alpha value is -2.64. The van der Waals surface area contributed by atoms with E-state index in [-0.39, 0.29) is 18.0 Å². The molecule has 0 bridgehead atoms. The first-order valence-corrected chi connectivity index (χ1v) is 9.33. The quantitative estimate of drug-likeness (QED) is 0.850. The minimum atomic E-state index is -0.185. The van der Waals surface area contributed by atoms with Crippen molar-refractivity contribution in [3.05, 3.63) is 54.4 Å². The van der Waals surface area contributed by atoms with Crippen LogP contribution in [0, 0.1) is 0 Å². The number of hydrazine groups is 1. The molecule has 0 spiro atoms. The molecule has 4 rings (SSSR count). The minimum Gasteiger partial charge on any atom is -0.497 e. The van der Waals surface area contributed by atoms with Crippen LogP contribution in [0.4, 0.5) is 5.69 Å². The van der Waals surface area contributed by atoms with E-state index < -0.39 is 0 Å². The van der Waals surface area contributed by atoms with Crippen molar-refractivity contribution >= 4 is 11.6 Å². The molecule has 2 aliphatic rings. The summed E-state index contributed by atoms with van der Waals surface area (Å²) >= 11 is 0. The number of pyridine rings is 1. The van der Waals surface area contributed by atoms with E-state index >= 15 is 0 Å². The lowest BCUT2D eigenvalue weighted by atomic mass is 10.0. The second kappa shape index (κ2) is 7.94. The molecule has 2 fully saturated rings. The molecule has 1 amide bonds. The average Bonchev–Trinajstić information content (AvgIpc) is 3.24. The number of rotatable bonds is 4. The number of carbonyl (C=O) groups is 1. The summed E-state index contributed by atoms with van der Waals surface area (Å²) in [5.41, 5.74) is 8.73. The summed E-state index contributed by atoms with van der Waals surface area (Å²) < 4.78 is 5.21. The van der Waals surface area contributed by atoms with Gasteiger partial charge in [0.2, 0.25) is 5.91 Å². The van der Waals surface area contributed by atoms with Gasteiger partial charge in [0.25, 0.3) is 0 Å². The van der Waals surface area contributed by atoms with Gasteiger partial charge in [-0.3, -0.25) is 9.78 Å². The van der Waals surface area contributed by atoms with Crippen LogP contribution in [0.25, 0.3) is 0 Å². The Bertz CT molecular complexity index is 760. The number of hydrogen-bond acceptors (Lipinski definition) is 6. The highest BCUT2D eigenvalue weighted by Crippen LogP contribution is 2.24. The molecule has 0 aliphatic carbocycles. The lowest BCUT2D eigenvalue weighted by Crippen LogP contribution is -2.53. The van der Waals surface area contributed by atoms with Crippen molar-refractivity contribution in [3.8, 4) is 5.75 Å². The number of anilines is 1. The zero-order valence-electron chi connectivity index (χ0n) is 15.5. The third-order valence-electron chi connectivity index (χ3n) is 5.34. The number of benzene rings is 1. The lowest BCUT2D eigenvalue weighted by Gasteiger charge is -2.37. The molecule has 2 unspecified atom stereocenters. The second-order valence-corrected chi connectivity index (χ2v) is 6.92. The van der Waals surface area contributed by atoms with E-state index in [0.29, 0.717) is 0 Å². The van der Waals surface area contributed by atoms with Gasteiger partial charge in [0.15, 0.2) is 0 Å². The van der Waals surface area contributed by atoms with Crippen molar-refractivity contribution in [3.63, 3.8) is 0 Å². The molecule has 2 aliphatic heterocycles. The number of piperazine rings is 1. The first-order valence-electron chi connectivity index (χ1n) is 9.33. The molecule has 142 valence electrons. The van der Waals surface area contributed by atoms with Gasteiger partial charge in [0, 0.05) is 50.3 Å². The van der Waals surface area contributed by atoms with Gasteiger partial charge in [0.05, 0.1) is 7.11 Å². The number of amides is 1. The Kier molecular flexibility index (Phi) is 5.22. The van der Waals surface area contributed by atoms with Crippen molar-refractivity contribution in [1.29, 1.82) is 0 Å². The number of nitrogens with one attached hydrogen (secondary N) is 2. The zero-order valence-corrected chi connectivity index (χ0v) is 15.5. The van der Waals surface area contributed by atoms with Crippen LogP contribution in [0.5, 0.6) is 5.75 Å². The summed E-state index contributed by atoms with van der Waals surface area (Å²) in [7, 11) is 1.67. The molecule has 1 aromatic heterocycles. The number of nitrogens with zero attached hydrogens (tertiary/aromatic N) is 3. The van der Waals surface area contributed by atoms with Crippen LogP contribution in [0.1, 0.15) is 18.0 Å². The molecule has 0 radical (unpaired) electrons. The Morgan fingerprint density at radius 1 is 1.04 bits per heavy atom. The van der Waals surface area contributed by atoms with Crippen molar-refractivity contribution in [2.24, 2.45) is 0 Å². The Morgan fingerprint density at radius 3 is 2.41 bits per heavy atom. The van der Waals surface area contributed by atoms with E-state index in [4.69, 9.17) is 4.74 Å². The fourth-order valence-corrected chi connectivity index (χ4v) is 3.73. The summed E-state index contributed by atoms with van der Waals surface area (Å²) in [6.45, 7) is 3.16. The number of hydrogen-bond donors (Lipinski definition) is 2. The Balaban J connectivity index is 1.31. The summed E-state index contributed by atoms with van der Waals surface area (Å²) in [6.07, 6.45) is 4.32. The predicted octanol–water partition coefficient (Wildman–Crippen LogP) is 1.35. The summed E-state index contributed by atoms with van der Waals surface area (Å²) in [6, 6.07) is 12.0. The van der Waals surface area contributed by atoms with Gasteiger partial charge in [-0.25, -0.2) is 10.9 Å². The van der Waals surface area contributed by atoms with Crippen LogP contribution < -0.4 is 20.5 Å². The van der Waals surface area contributed by atoms with Gasteiger partial charge in [-0.2, -0.15) is 0 Å². The molecule has 2 atom stereocenters. The van der Waals surface area contributed by atoms with E-state index in [1.165, 1.54) is 5.69 Å². The van der Waals surface area contributed by atoms with Gasteiger partial charge in [-0.05, 0) is 48.4 Å². The van der Waals surface area contributed by atoms with Crippen molar-refractivity contribution in [2.75, 3.05) is 38.2 Å². The molecular weight excluding hydrogens is 342 g/mol. The molecular formula is C20H25N5O2. The Labute approximate surface area is 159 Å². The maximum Gasteiger partial charge on any atom is 0.241 e. The topological polar surface area (TPSA) is 69.7 Å². The van der Waals surface area contributed by atoms with E-state index in [0.717, 1.165) is 43.9 Å². The predicted molar refractivity (Wildman–Crippen MR) is 103 cm³/mol. The van der Waals surface area contributed by atoms with Crippen LogP contribution in [-0.2, 0) is 4.79 Å². The zero-order chi connectivity index (χ0) is 18.6. The average molecular weight is 367 g/mol. The standard InChI is InChI=1S/C20H25N5O2/c1-27-17-4-2-16(3-5-17)24-10-12-25(13-11-24)20(26)19-14-18(22-23-19)15-6-8-21-9-7-15/h2-9,18-19,22-23H,10-14H2,1H3. The number of carbonyl (C=O) groups excluding carboxylic acids is 1. The largest absolute Gasteiger partial charge is 0.497 e. The summed E-state index contributed by atoms with van der Waals surface area (Å²) in [5, 5.41) is 0. The highest BCUT2D eigenvalue weighted by molar-refractivity contribution is 5.82. The number of ether oxygens (including phenoxy) is 1. The third-order valence-corrected chi connectivity index (χ3v) is 5.34. The van der Waals surface area contributed by atoms with E-state index in [1.807, 2.05) is 29.2 Å². The van der Waals surface area contributed by atoms with Crippen LogP contribution in [0.2, 0.25) is 0 Å². The van der Waals surface area contributed by atoms with Gasteiger partial charge >= 0.3 is 0 Å². The normalized spacial score (nSPS) is 22.7. The first-order chi connectivity index (χ1) is 13.2. The Morgan fingerprint density at radius 2 is 1.74 bits per heavy atom. The molecule has 1 aromatic carbocycles. The van der Waals surface area contributed by atoms with Crippen molar-refractivity contribution in [2.45, 2.75) is 18.5 Å². The van der Waals surface area contributed by atoms with Gasteiger partial charge in [0.1, 0.15) is 11.8 Å². The number of aromatic nitrogens is 1. The molecule has 0 saturated carbocycles. The first kappa shape index (κ1) is 17.8.